The van der Waals surface area contributed by atoms with Gasteiger partial charge in [0.25, 0.3) is 6.02 Å². The third-order valence-electron chi connectivity index (χ3n) is 6.27. The molecule has 0 saturated carbocycles. The Morgan fingerprint density at radius 2 is 1.66 bits per heavy atom. The van der Waals surface area contributed by atoms with Crippen LogP contribution in [0.2, 0.25) is 0 Å². The second-order valence-corrected chi connectivity index (χ2v) is 10.4. The second-order valence-electron chi connectivity index (χ2n) is 8.66. The van der Waals surface area contributed by atoms with Crippen molar-refractivity contribution in [3.05, 3.63) is 95.8 Å². The third-order valence-corrected chi connectivity index (χ3v) is 8.05. The van der Waals surface area contributed by atoms with E-state index in [1.54, 1.807) is 30.3 Å². The first-order chi connectivity index (χ1) is 16.9. The van der Waals surface area contributed by atoms with Gasteiger partial charge < -0.3 is 14.6 Å². The molecular weight excluding hydrogens is 471 g/mol. The topological polar surface area (TPSA) is 97.2 Å². The highest BCUT2D eigenvalue weighted by atomic mass is 32.2. The molecule has 2 atom stereocenters. The van der Waals surface area contributed by atoms with Gasteiger partial charge in [0.15, 0.2) is 5.60 Å². The summed E-state index contributed by atoms with van der Waals surface area (Å²) in [4.78, 5) is 4.36. The Morgan fingerprint density at radius 1 is 1.00 bits per heavy atom. The van der Waals surface area contributed by atoms with Crippen molar-refractivity contribution in [3.8, 4) is 11.1 Å². The number of aliphatic hydroxyl groups is 1. The van der Waals surface area contributed by atoms with Gasteiger partial charge in [0, 0.05) is 12.2 Å². The highest BCUT2D eigenvalue weighted by Gasteiger charge is 2.59. The van der Waals surface area contributed by atoms with Gasteiger partial charge in [-0.1, -0.05) is 72.8 Å². The Labute approximate surface area is 203 Å². The van der Waals surface area contributed by atoms with E-state index in [-0.39, 0.29) is 37.8 Å². The Morgan fingerprint density at radius 3 is 2.29 bits per heavy atom. The molecule has 0 bridgehead atoms. The summed E-state index contributed by atoms with van der Waals surface area (Å²) in [6, 6.07) is 22.1. The summed E-state index contributed by atoms with van der Waals surface area (Å²) in [7, 11) is -3.97. The molecule has 3 aromatic rings. The number of ether oxygens (including phenoxy) is 2. The van der Waals surface area contributed by atoms with Gasteiger partial charge in [0.2, 0.25) is 10.0 Å². The summed E-state index contributed by atoms with van der Waals surface area (Å²) < 4.78 is 55.2. The lowest BCUT2D eigenvalue weighted by Crippen LogP contribution is -2.65. The fraction of sp³-hybridized carbons (Fsp3) is 0.269. The van der Waals surface area contributed by atoms with Crippen LogP contribution in [0.1, 0.15) is 28.8 Å². The number of aliphatic imine (C=N–C) groups is 1. The second kappa shape index (κ2) is 9.41. The fourth-order valence-electron chi connectivity index (χ4n) is 4.56. The van der Waals surface area contributed by atoms with Crippen molar-refractivity contribution in [2.75, 3.05) is 19.8 Å². The molecule has 2 N–H and O–H groups in total. The smallest absolute Gasteiger partial charge is 0.300 e. The van der Waals surface area contributed by atoms with Gasteiger partial charge in [-0.3, -0.25) is 0 Å². The van der Waals surface area contributed by atoms with E-state index < -0.39 is 32.7 Å². The molecule has 5 rings (SSSR count). The zero-order valence-electron chi connectivity index (χ0n) is 18.8. The first kappa shape index (κ1) is 23.5. The van der Waals surface area contributed by atoms with Gasteiger partial charge in [-0.2, -0.15) is 0 Å². The van der Waals surface area contributed by atoms with E-state index >= 15 is 0 Å². The molecule has 1 spiro atoms. The van der Waals surface area contributed by atoms with Crippen LogP contribution in [0.15, 0.2) is 83.9 Å². The number of hydrogen-bond acceptors (Lipinski definition) is 6. The predicted molar refractivity (Wildman–Crippen MR) is 130 cm³/mol. The predicted octanol–water partition coefficient (Wildman–Crippen LogP) is 3.73. The highest BCUT2D eigenvalue weighted by molar-refractivity contribution is 7.90. The van der Waals surface area contributed by atoms with Crippen LogP contribution in [0.4, 0.5) is 4.39 Å². The maximum atomic E-state index is 14.4. The summed E-state index contributed by atoms with van der Waals surface area (Å²) >= 11 is 0. The molecule has 2 fully saturated rings. The normalized spacial score (nSPS) is 22.1. The number of amidine groups is 1. The number of hydrogen-bond donors (Lipinski definition) is 2. The lowest BCUT2D eigenvalue weighted by Gasteiger charge is -2.48. The lowest BCUT2D eigenvalue weighted by atomic mass is 9.90. The van der Waals surface area contributed by atoms with Gasteiger partial charge in [-0.25, -0.2) is 22.5 Å². The molecule has 182 valence electrons. The molecule has 0 aliphatic carbocycles. The standard InChI is InChI=1S/C26H25FN2O5S/c27-22-9-5-4-8-21(22)23(14-15-30)28-25-29-35(31,32)24(26(34-25)16-33-17-26)20-12-10-19(11-13-20)18-6-2-1-3-7-18/h1-13,23-24,30H,14-17H2,(H,28,29). The molecule has 2 heterocycles. The molecule has 3 aromatic carbocycles. The van der Waals surface area contributed by atoms with Crippen LogP contribution in [-0.4, -0.2) is 45.0 Å². The van der Waals surface area contributed by atoms with Gasteiger partial charge in [-0.05, 0) is 29.2 Å². The first-order valence-corrected chi connectivity index (χ1v) is 12.8. The molecule has 2 saturated heterocycles. The molecule has 2 unspecified atom stereocenters. The molecule has 0 amide bonds. The zero-order valence-corrected chi connectivity index (χ0v) is 19.6. The maximum absolute atomic E-state index is 14.4. The summed E-state index contributed by atoms with van der Waals surface area (Å²) in [6.07, 6.45) is 0.101. The first-order valence-electron chi connectivity index (χ1n) is 11.3. The van der Waals surface area contributed by atoms with E-state index in [0.29, 0.717) is 5.56 Å². The van der Waals surface area contributed by atoms with Crippen LogP contribution >= 0.6 is 0 Å². The van der Waals surface area contributed by atoms with E-state index in [1.165, 1.54) is 6.07 Å². The van der Waals surface area contributed by atoms with Crippen molar-refractivity contribution in [2.24, 2.45) is 4.99 Å². The van der Waals surface area contributed by atoms with Crippen molar-refractivity contribution >= 4 is 16.0 Å². The van der Waals surface area contributed by atoms with Crippen LogP contribution in [0.25, 0.3) is 11.1 Å². The molecular formula is C26H25FN2O5S. The monoisotopic (exact) mass is 496 g/mol. The van der Waals surface area contributed by atoms with Crippen molar-refractivity contribution in [1.29, 1.82) is 0 Å². The summed E-state index contributed by atoms with van der Waals surface area (Å²) in [5, 5.41) is 8.47. The lowest BCUT2D eigenvalue weighted by molar-refractivity contribution is -0.174. The van der Waals surface area contributed by atoms with E-state index in [9.17, 15) is 17.9 Å². The summed E-state index contributed by atoms with van der Waals surface area (Å²) in [6.45, 7) is -0.113. The van der Waals surface area contributed by atoms with Crippen LogP contribution in [0.3, 0.4) is 0 Å². The van der Waals surface area contributed by atoms with Crippen LogP contribution < -0.4 is 4.72 Å². The average Bonchev–Trinajstić information content (AvgIpc) is 2.83. The Hall–Kier alpha value is -3.27. The Balaban J connectivity index is 1.47. The molecule has 0 radical (unpaired) electrons. The largest absolute Gasteiger partial charge is 0.451 e. The molecule has 2 aliphatic heterocycles. The van der Waals surface area contributed by atoms with Crippen molar-refractivity contribution in [1.82, 2.24) is 4.72 Å². The number of halogens is 1. The van der Waals surface area contributed by atoms with Gasteiger partial charge in [-0.15, -0.1) is 0 Å². The van der Waals surface area contributed by atoms with Crippen LogP contribution in [0.5, 0.6) is 0 Å². The molecule has 9 heteroatoms. The Bertz CT molecular complexity index is 1330. The molecule has 0 aromatic heterocycles. The summed E-state index contributed by atoms with van der Waals surface area (Å²) in [5.74, 6) is -0.493. The Kier molecular flexibility index (Phi) is 6.31. The van der Waals surface area contributed by atoms with Crippen LogP contribution in [-0.2, 0) is 19.5 Å². The van der Waals surface area contributed by atoms with Crippen molar-refractivity contribution < 1.29 is 27.4 Å². The number of aliphatic hydroxyl groups excluding tert-OH is 1. The average molecular weight is 497 g/mol. The highest BCUT2D eigenvalue weighted by Crippen LogP contribution is 2.44. The molecule has 7 nitrogen and oxygen atoms in total. The van der Waals surface area contributed by atoms with E-state index in [4.69, 9.17) is 9.47 Å². The summed E-state index contributed by atoms with van der Waals surface area (Å²) in [5.41, 5.74) is 1.65. The third kappa shape index (κ3) is 4.54. The quantitative estimate of drug-likeness (QED) is 0.542. The zero-order chi connectivity index (χ0) is 24.5. The minimum absolute atomic E-state index is 0.0718. The van der Waals surface area contributed by atoms with E-state index in [0.717, 1.165) is 11.1 Å². The number of sulfonamides is 1. The van der Waals surface area contributed by atoms with Gasteiger partial charge in [0.05, 0.1) is 19.3 Å². The SMILES string of the molecule is O=S1(=O)NC(=NC(CCO)c2ccccc2F)OC2(COC2)C1c1ccc(-c2ccccc2)cc1. The van der Waals surface area contributed by atoms with Crippen molar-refractivity contribution in [2.45, 2.75) is 23.3 Å². The van der Waals surface area contributed by atoms with E-state index in [1.807, 2.05) is 42.5 Å². The molecule has 35 heavy (non-hydrogen) atoms. The fourth-order valence-corrected chi connectivity index (χ4v) is 6.28. The maximum Gasteiger partial charge on any atom is 0.300 e. The number of benzene rings is 3. The van der Waals surface area contributed by atoms with E-state index in [2.05, 4.69) is 9.71 Å². The number of nitrogens with one attached hydrogen (secondary N) is 1. The van der Waals surface area contributed by atoms with Crippen molar-refractivity contribution in [3.63, 3.8) is 0 Å². The number of nitrogens with zero attached hydrogens (tertiary/aromatic N) is 1. The minimum atomic E-state index is -3.97. The molecule has 2 aliphatic rings. The number of rotatable bonds is 6. The van der Waals surface area contributed by atoms with Crippen LogP contribution in [0, 0.1) is 5.82 Å². The van der Waals surface area contributed by atoms with Gasteiger partial charge >= 0.3 is 0 Å². The minimum Gasteiger partial charge on any atom is -0.451 e. The van der Waals surface area contributed by atoms with Gasteiger partial charge in [0.1, 0.15) is 11.1 Å².